The molecule has 1 aliphatic carbocycles. The van der Waals surface area contributed by atoms with E-state index in [0.717, 1.165) is 45.4 Å². The molecule has 1 aromatic heterocycles. The van der Waals surface area contributed by atoms with Gasteiger partial charge >= 0.3 is 0 Å². The predicted octanol–water partition coefficient (Wildman–Crippen LogP) is 4.97. The molecule has 2 aliphatic rings. The maximum atomic E-state index is 6.35. The van der Waals surface area contributed by atoms with Gasteiger partial charge in [0, 0.05) is 23.9 Å². The van der Waals surface area contributed by atoms with E-state index >= 15 is 0 Å². The van der Waals surface area contributed by atoms with Crippen LogP contribution in [0.5, 0.6) is 0 Å². The minimum absolute atomic E-state index is 0.109. The van der Waals surface area contributed by atoms with E-state index in [1.165, 1.54) is 42.5 Å². The molecule has 0 bridgehead atoms. The quantitative estimate of drug-likeness (QED) is 0.691. The topological polar surface area (TPSA) is 34.2 Å². The molecule has 28 heavy (non-hydrogen) atoms. The summed E-state index contributed by atoms with van der Waals surface area (Å²) in [5.74, 6) is 0. The molecule has 150 valence electrons. The van der Waals surface area contributed by atoms with Gasteiger partial charge in [-0.15, -0.1) is 0 Å². The molecular formula is C25H34N2O. The van der Waals surface area contributed by atoms with Crippen molar-refractivity contribution in [2.24, 2.45) is 0 Å². The van der Waals surface area contributed by atoms with Crippen LogP contribution in [0.15, 0.2) is 48.7 Å². The molecule has 3 nitrogen and oxygen atoms in total. The number of rotatable bonds is 7. The SMILES string of the molecule is Cc1ccc(CCNCC[C@@]2(c3ccccn3)CCOC3(CCCC3)C2)cc1. The number of ether oxygens (including phenoxy) is 1. The van der Waals surface area contributed by atoms with Gasteiger partial charge in [-0.25, -0.2) is 0 Å². The van der Waals surface area contributed by atoms with Crippen LogP contribution >= 0.6 is 0 Å². The minimum atomic E-state index is 0.109. The molecule has 1 aromatic carbocycles. The van der Waals surface area contributed by atoms with Gasteiger partial charge in [0.2, 0.25) is 0 Å². The van der Waals surface area contributed by atoms with Crippen molar-refractivity contribution in [1.29, 1.82) is 0 Å². The number of benzene rings is 1. The van der Waals surface area contributed by atoms with Gasteiger partial charge in [-0.05, 0) is 76.2 Å². The molecular weight excluding hydrogens is 344 g/mol. The Bertz CT molecular complexity index is 737. The van der Waals surface area contributed by atoms with Crippen LogP contribution in [0.3, 0.4) is 0 Å². The lowest BCUT2D eigenvalue weighted by atomic mass is 9.68. The lowest BCUT2D eigenvalue weighted by Crippen LogP contribution is -2.47. The molecule has 1 N–H and O–H groups in total. The maximum Gasteiger partial charge on any atom is 0.0691 e. The van der Waals surface area contributed by atoms with Gasteiger partial charge in [-0.2, -0.15) is 0 Å². The summed E-state index contributed by atoms with van der Waals surface area (Å²) in [7, 11) is 0. The van der Waals surface area contributed by atoms with Gasteiger partial charge in [0.15, 0.2) is 0 Å². The first-order valence-electron chi connectivity index (χ1n) is 11.0. The highest BCUT2D eigenvalue weighted by Gasteiger charge is 2.48. The average molecular weight is 379 g/mol. The minimum Gasteiger partial charge on any atom is -0.375 e. The van der Waals surface area contributed by atoms with Crippen LogP contribution in [-0.4, -0.2) is 30.3 Å². The average Bonchev–Trinajstić information content (AvgIpc) is 3.17. The lowest BCUT2D eigenvalue weighted by molar-refractivity contribution is -0.104. The Labute approximate surface area is 169 Å². The second-order valence-corrected chi connectivity index (χ2v) is 8.90. The van der Waals surface area contributed by atoms with Crippen LogP contribution in [0.4, 0.5) is 0 Å². The summed E-state index contributed by atoms with van der Waals surface area (Å²) < 4.78 is 6.35. The van der Waals surface area contributed by atoms with E-state index in [-0.39, 0.29) is 11.0 Å². The molecule has 4 rings (SSSR count). The van der Waals surface area contributed by atoms with E-state index in [2.05, 4.69) is 48.6 Å². The van der Waals surface area contributed by atoms with Crippen LogP contribution in [0, 0.1) is 6.92 Å². The number of aryl methyl sites for hydroxylation is 1. The van der Waals surface area contributed by atoms with Crippen molar-refractivity contribution in [2.45, 2.75) is 69.3 Å². The smallest absolute Gasteiger partial charge is 0.0691 e. The normalized spacial score (nSPS) is 23.9. The Morgan fingerprint density at radius 2 is 1.82 bits per heavy atom. The molecule has 1 aliphatic heterocycles. The van der Waals surface area contributed by atoms with Crippen molar-refractivity contribution >= 4 is 0 Å². The highest BCUT2D eigenvalue weighted by atomic mass is 16.5. The Balaban J connectivity index is 1.38. The molecule has 2 heterocycles. The van der Waals surface area contributed by atoms with E-state index in [0.29, 0.717) is 0 Å². The molecule has 1 atom stereocenters. The molecule has 3 heteroatoms. The van der Waals surface area contributed by atoms with Gasteiger partial charge in [-0.3, -0.25) is 4.98 Å². The van der Waals surface area contributed by atoms with E-state index in [1.807, 2.05) is 12.3 Å². The standard InChI is InChI=1S/C25H34N2O/c1-21-7-9-22(10-8-21)11-17-26-18-14-24(23-6-2-5-16-27-23)15-19-28-25(20-24)12-3-4-13-25/h2,5-10,16,26H,3-4,11-15,17-20H2,1H3/t24-/m1/s1. The molecule has 2 aromatic rings. The van der Waals surface area contributed by atoms with Gasteiger partial charge in [0.05, 0.1) is 5.60 Å². The van der Waals surface area contributed by atoms with Crippen molar-refractivity contribution in [2.75, 3.05) is 19.7 Å². The highest BCUT2D eigenvalue weighted by molar-refractivity contribution is 5.22. The fraction of sp³-hybridized carbons (Fsp3) is 0.560. The second kappa shape index (κ2) is 8.75. The zero-order chi connectivity index (χ0) is 19.3. The van der Waals surface area contributed by atoms with E-state index in [1.54, 1.807) is 0 Å². The first-order chi connectivity index (χ1) is 13.7. The molecule has 1 saturated heterocycles. The fourth-order valence-corrected chi connectivity index (χ4v) is 5.24. The Morgan fingerprint density at radius 3 is 2.57 bits per heavy atom. The first kappa shape index (κ1) is 19.6. The van der Waals surface area contributed by atoms with E-state index in [9.17, 15) is 0 Å². The molecule has 0 radical (unpaired) electrons. The summed E-state index contributed by atoms with van der Waals surface area (Å²) in [4.78, 5) is 4.80. The van der Waals surface area contributed by atoms with Gasteiger partial charge in [0.25, 0.3) is 0 Å². The largest absolute Gasteiger partial charge is 0.375 e. The lowest BCUT2D eigenvalue weighted by Gasteiger charge is -2.46. The third kappa shape index (κ3) is 4.47. The zero-order valence-corrected chi connectivity index (χ0v) is 17.3. The van der Waals surface area contributed by atoms with Crippen LogP contribution in [0.25, 0.3) is 0 Å². The van der Waals surface area contributed by atoms with Gasteiger partial charge < -0.3 is 10.1 Å². The summed E-state index contributed by atoms with van der Waals surface area (Å²) in [5.41, 5.74) is 4.27. The predicted molar refractivity (Wildman–Crippen MR) is 115 cm³/mol. The monoisotopic (exact) mass is 378 g/mol. The summed E-state index contributed by atoms with van der Waals surface area (Å²) in [5, 5.41) is 3.70. The van der Waals surface area contributed by atoms with Crippen LogP contribution < -0.4 is 5.32 Å². The van der Waals surface area contributed by atoms with Gasteiger partial charge in [-0.1, -0.05) is 48.7 Å². The summed E-state index contributed by atoms with van der Waals surface area (Å²) in [6.45, 7) is 5.09. The van der Waals surface area contributed by atoms with Crippen molar-refractivity contribution < 1.29 is 4.74 Å². The molecule has 1 spiro atoms. The Kier molecular flexibility index (Phi) is 6.13. The number of pyridine rings is 1. The summed E-state index contributed by atoms with van der Waals surface area (Å²) in [6.07, 6.45) is 11.5. The summed E-state index contributed by atoms with van der Waals surface area (Å²) >= 11 is 0. The second-order valence-electron chi connectivity index (χ2n) is 8.90. The van der Waals surface area contributed by atoms with Crippen molar-refractivity contribution in [1.82, 2.24) is 10.3 Å². The number of hydrogen-bond acceptors (Lipinski definition) is 3. The van der Waals surface area contributed by atoms with E-state index in [4.69, 9.17) is 9.72 Å². The van der Waals surface area contributed by atoms with Gasteiger partial charge in [0.1, 0.15) is 0 Å². The van der Waals surface area contributed by atoms with Crippen molar-refractivity contribution in [3.05, 3.63) is 65.5 Å². The Hall–Kier alpha value is -1.71. The van der Waals surface area contributed by atoms with Crippen LogP contribution in [-0.2, 0) is 16.6 Å². The molecule has 0 amide bonds. The van der Waals surface area contributed by atoms with Crippen molar-refractivity contribution in [3.63, 3.8) is 0 Å². The molecule has 2 fully saturated rings. The van der Waals surface area contributed by atoms with E-state index < -0.39 is 0 Å². The third-order valence-corrected chi connectivity index (χ3v) is 6.86. The third-order valence-electron chi connectivity index (χ3n) is 6.86. The summed E-state index contributed by atoms with van der Waals surface area (Å²) in [6, 6.07) is 15.3. The maximum absolute atomic E-state index is 6.35. The number of aromatic nitrogens is 1. The molecule has 1 saturated carbocycles. The van der Waals surface area contributed by atoms with Crippen LogP contribution in [0.1, 0.15) is 61.8 Å². The number of nitrogens with zero attached hydrogens (tertiary/aromatic N) is 1. The molecule has 0 unspecified atom stereocenters. The highest BCUT2D eigenvalue weighted by Crippen LogP contribution is 2.49. The zero-order valence-electron chi connectivity index (χ0n) is 17.3. The number of hydrogen-bond donors (Lipinski definition) is 1. The van der Waals surface area contributed by atoms with Crippen molar-refractivity contribution in [3.8, 4) is 0 Å². The fourth-order valence-electron chi connectivity index (χ4n) is 5.24. The number of nitrogens with one attached hydrogen (secondary N) is 1. The van der Waals surface area contributed by atoms with Crippen LogP contribution in [0.2, 0.25) is 0 Å². The first-order valence-corrected chi connectivity index (χ1v) is 11.0. The Morgan fingerprint density at radius 1 is 1.00 bits per heavy atom.